The predicted octanol–water partition coefficient (Wildman–Crippen LogP) is 1.61. The van der Waals surface area contributed by atoms with Crippen LogP contribution in [-0.2, 0) is 16.0 Å². The number of hydrogen-bond donors (Lipinski definition) is 3. The number of aliphatic carboxylic acids is 1. The molecular weight excluding hydrogens is 260 g/mol. The van der Waals surface area contributed by atoms with Crippen molar-refractivity contribution in [1.29, 1.82) is 0 Å². The van der Waals surface area contributed by atoms with Gasteiger partial charge in [0.25, 0.3) is 0 Å². The Morgan fingerprint density at radius 1 is 1.35 bits per heavy atom. The molecule has 108 valence electrons. The van der Waals surface area contributed by atoms with Gasteiger partial charge in [-0.2, -0.15) is 0 Å². The summed E-state index contributed by atoms with van der Waals surface area (Å²) >= 11 is 0. The number of urea groups is 1. The monoisotopic (exact) mass is 278 g/mol. The van der Waals surface area contributed by atoms with Crippen LogP contribution in [0.25, 0.3) is 0 Å². The summed E-state index contributed by atoms with van der Waals surface area (Å²) in [6.07, 6.45) is 0.814. The van der Waals surface area contributed by atoms with Crippen LogP contribution in [0.1, 0.15) is 18.9 Å². The maximum Gasteiger partial charge on any atom is 0.319 e. The molecule has 0 spiro atoms. The molecule has 0 saturated carbocycles. The molecule has 2 unspecified atom stereocenters. The molecule has 1 aromatic carbocycles. The van der Waals surface area contributed by atoms with E-state index in [0.29, 0.717) is 17.9 Å². The van der Waals surface area contributed by atoms with E-state index in [-0.39, 0.29) is 24.6 Å². The third kappa shape index (κ3) is 3.96. The molecule has 6 heteroatoms. The fourth-order valence-corrected chi connectivity index (χ4v) is 2.14. The van der Waals surface area contributed by atoms with Crippen LogP contribution >= 0.6 is 0 Å². The van der Waals surface area contributed by atoms with Crippen LogP contribution in [0.5, 0.6) is 0 Å². The topological polar surface area (TPSA) is 87.7 Å². The maximum atomic E-state index is 11.8. The van der Waals surface area contributed by atoms with Gasteiger partial charge in [-0.25, -0.2) is 4.79 Å². The van der Waals surface area contributed by atoms with E-state index in [4.69, 9.17) is 9.84 Å². The summed E-state index contributed by atoms with van der Waals surface area (Å²) in [6.45, 7) is 2.59. The lowest BCUT2D eigenvalue weighted by Crippen LogP contribution is -2.41. The zero-order valence-corrected chi connectivity index (χ0v) is 11.3. The van der Waals surface area contributed by atoms with Gasteiger partial charge in [0.15, 0.2) is 0 Å². The van der Waals surface area contributed by atoms with Crippen molar-refractivity contribution in [3.05, 3.63) is 29.8 Å². The van der Waals surface area contributed by atoms with E-state index in [1.54, 1.807) is 24.3 Å². The van der Waals surface area contributed by atoms with Crippen molar-refractivity contribution in [3.63, 3.8) is 0 Å². The molecule has 1 heterocycles. The summed E-state index contributed by atoms with van der Waals surface area (Å²) in [6, 6.07) is 6.49. The van der Waals surface area contributed by atoms with E-state index in [1.807, 2.05) is 6.92 Å². The molecule has 20 heavy (non-hydrogen) atoms. The summed E-state index contributed by atoms with van der Waals surface area (Å²) < 4.78 is 5.37. The number of nitrogens with one attached hydrogen (secondary N) is 2. The van der Waals surface area contributed by atoms with Gasteiger partial charge in [-0.15, -0.1) is 0 Å². The van der Waals surface area contributed by atoms with Crippen molar-refractivity contribution in [3.8, 4) is 0 Å². The number of carboxylic acid groups (broad SMARTS) is 1. The molecule has 1 aliphatic heterocycles. The van der Waals surface area contributed by atoms with E-state index >= 15 is 0 Å². The minimum absolute atomic E-state index is 0.0244. The van der Waals surface area contributed by atoms with Gasteiger partial charge in [0.1, 0.15) is 0 Å². The molecule has 6 nitrogen and oxygen atoms in total. The van der Waals surface area contributed by atoms with Crippen LogP contribution < -0.4 is 10.6 Å². The van der Waals surface area contributed by atoms with Crippen LogP contribution in [0.4, 0.5) is 10.5 Å². The number of carbonyl (C=O) groups excluding carboxylic acids is 1. The number of carbonyl (C=O) groups is 2. The largest absolute Gasteiger partial charge is 0.481 e. The van der Waals surface area contributed by atoms with Gasteiger partial charge >= 0.3 is 12.0 Å². The SMILES string of the molecule is CC1OCCC1NC(=O)Nc1ccc(CC(=O)O)cc1. The summed E-state index contributed by atoms with van der Waals surface area (Å²) in [5.41, 5.74) is 1.32. The third-order valence-electron chi connectivity index (χ3n) is 3.26. The van der Waals surface area contributed by atoms with Gasteiger partial charge in [0, 0.05) is 12.3 Å². The molecule has 2 amide bonds. The Hall–Kier alpha value is -2.08. The highest BCUT2D eigenvalue weighted by molar-refractivity contribution is 5.89. The first-order valence-corrected chi connectivity index (χ1v) is 6.54. The zero-order chi connectivity index (χ0) is 14.5. The Labute approximate surface area is 117 Å². The summed E-state index contributed by atoms with van der Waals surface area (Å²) in [7, 11) is 0. The van der Waals surface area contributed by atoms with Crippen molar-refractivity contribution in [2.24, 2.45) is 0 Å². The van der Waals surface area contributed by atoms with E-state index in [0.717, 1.165) is 6.42 Å². The molecule has 0 radical (unpaired) electrons. The lowest BCUT2D eigenvalue weighted by atomic mass is 10.1. The normalized spacial score (nSPS) is 21.4. The molecule has 1 fully saturated rings. The van der Waals surface area contributed by atoms with Crippen molar-refractivity contribution in [2.45, 2.75) is 31.9 Å². The van der Waals surface area contributed by atoms with E-state index in [2.05, 4.69) is 10.6 Å². The fourth-order valence-electron chi connectivity index (χ4n) is 2.14. The molecule has 1 aromatic rings. The molecule has 2 atom stereocenters. The Morgan fingerprint density at radius 2 is 2.05 bits per heavy atom. The molecule has 0 bridgehead atoms. The van der Waals surface area contributed by atoms with Gasteiger partial charge in [0.2, 0.25) is 0 Å². The Bertz CT molecular complexity index is 486. The first kappa shape index (κ1) is 14.3. The number of rotatable bonds is 4. The third-order valence-corrected chi connectivity index (χ3v) is 3.26. The number of hydrogen-bond acceptors (Lipinski definition) is 3. The van der Waals surface area contributed by atoms with Crippen molar-refractivity contribution < 1.29 is 19.4 Å². The lowest BCUT2D eigenvalue weighted by molar-refractivity contribution is -0.136. The first-order valence-electron chi connectivity index (χ1n) is 6.54. The number of carboxylic acids is 1. The van der Waals surface area contributed by atoms with Crippen molar-refractivity contribution in [2.75, 3.05) is 11.9 Å². The minimum atomic E-state index is -0.876. The van der Waals surface area contributed by atoms with Crippen molar-refractivity contribution in [1.82, 2.24) is 5.32 Å². The predicted molar refractivity (Wildman–Crippen MR) is 73.8 cm³/mol. The van der Waals surface area contributed by atoms with Crippen molar-refractivity contribution >= 4 is 17.7 Å². The highest BCUT2D eigenvalue weighted by Crippen LogP contribution is 2.14. The quantitative estimate of drug-likeness (QED) is 0.781. The smallest absolute Gasteiger partial charge is 0.319 e. The average molecular weight is 278 g/mol. The van der Waals surface area contributed by atoms with Crippen LogP contribution in [0.2, 0.25) is 0 Å². The molecule has 1 saturated heterocycles. The number of ether oxygens (including phenoxy) is 1. The van der Waals surface area contributed by atoms with Gasteiger partial charge in [-0.05, 0) is 31.0 Å². The Balaban J connectivity index is 1.86. The van der Waals surface area contributed by atoms with Crippen LogP contribution in [0, 0.1) is 0 Å². The zero-order valence-electron chi connectivity index (χ0n) is 11.3. The maximum absolute atomic E-state index is 11.8. The van der Waals surface area contributed by atoms with E-state index in [1.165, 1.54) is 0 Å². The van der Waals surface area contributed by atoms with Crippen LogP contribution in [0.3, 0.4) is 0 Å². The number of amides is 2. The van der Waals surface area contributed by atoms with Gasteiger partial charge in [0.05, 0.1) is 18.6 Å². The van der Waals surface area contributed by atoms with Gasteiger partial charge in [-0.3, -0.25) is 4.79 Å². The molecule has 0 aromatic heterocycles. The second-order valence-corrected chi connectivity index (χ2v) is 4.84. The second kappa shape index (κ2) is 6.38. The van der Waals surface area contributed by atoms with Gasteiger partial charge in [-0.1, -0.05) is 12.1 Å². The van der Waals surface area contributed by atoms with Crippen LogP contribution in [0.15, 0.2) is 24.3 Å². The lowest BCUT2D eigenvalue weighted by Gasteiger charge is -2.16. The summed E-state index contributed by atoms with van der Waals surface area (Å²) in [4.78, 5) is 22.4. The summed E-state index contributed by atoms with van der Waals surface area (Å²) in [5, 5.41) is 14.2. The Morgan fingerprint density at radius 3 is 2.60 bits per heavy atom. The molecule has 1 aliphatic rings. The van der Waals surface area contributed by atoms with E-state index < -0.39 is 5.97 Å². The molecule has 0 aliphatic carbocycles. The molecule has 2 rings (SSSR count). The number of benzene rings is 1. The minimum Gasteiger partial charge on any atom is -0.481 e. The average Bonchev–Trinajstić information content (AvgIpc) is 2.77. The first-order chi connectivity index (χ1) is 9.54. The van der Waals surface area contributed by atoms with E-state index in [9.17, 15) is 9.59 Å². The van der Waals surface area contributed by atoms with Gasteiger partial charge < -0.3 is 20.5 Å². The molecular formula is C14H18N2O4. The van der Waals surface area contributed by atoms with Crippen LogP contribution in [-0.4, -0.2) is 35.9 Å². The standard InChI is InChI=1S/C14H18N2O4/c1-9-12(6-7-20-9)16-14(19)15-11-4-2-10(3-5-11)8-13(17)18/h2-5,9,12H,6-8H2,1H3,(H,17,18)(H2,15,16,19). The summed E-state index contributed by atoms with van der Waals surface area (Å²) in [5.74, 6) is -0.876. The molecule has 3 N–H and O–H groups in total. The second-order valence-electron chi connectivity index (χ2n) is 4.84. The Kier molecular flexibility index (Phi) is 4.57. The highest BCUT2D eigenvalue weighted by Gasteiger charge is 2.25. The number of anilines is 1. The highest BCUT2D eigenvalue weighted by atomic mass is 16.5. The fraction of sp³-hybridized carbons (Fsp3) is 0.429.